The van der Waals surface area contributed by atoms with Gasteiger partial charge in [0.2, 0.25) is 0 Å². The van der Waals surface area contributed by atoms with Crippen LogP contribution in [0.5, 0.6) is 0 Å². The quantitative estimate of drug-likeness (QED) is 0.159. The highest BCUT2D eigenvalue weighted by atomic mass is 15.1. The Morgan fingerprint density at radius 1 is 0.312 bits per heavy atom. The van der Waals surface area contributed by atoms with E-state index in [1.807, 2.05) is 12.1 Å². The number of nitrogens with zero attached hydrogens (tertiary/aromatic N) is 6. The first-order valence-corrected chi connectivity index (χ1v) is 28.3. The minimum atomic E-state index is -0.218. The lowest BCUT2D eigenvalue weighted by atomic mass is 9.79. The van der Waals surface area contributed by atoms with E-state index in [9.17, 15) is 0 Å². The lowest BCUT2D eigenvalue weighted by Crippen LogP contribution is -2.17. The minimum Gasteiger partial charge on any atom is -0.308 e. The molecule has 0 spiro atoms. The van der Waals surface area contributed by atoms with Crippen LogP contribution in [0.15, 0.2) is 182 Å². The number of aromatic nitrogens is 6. The zero-order valence-corrected chi connectivity index (χ0v) is 49.0. The fourth-order valence-corrected chi connectivity index (χ4v) is 11.6. The SMILES string of the molecule is CC(C)(C)c1cc(-c2nc(-c3cc(C(C)(C)C)cc(C(C)(C)C)c3)nc(-c3cc(-c4nc(-c5ccccc5)cc(-c5ccccc5)n4)ccc3-n3c4ccccc4c4cc5c(cc43)C(C)(C)c3ccccc3-5)n2)cc(C(C)(C)C)c1. The average Bonchev–Trinajstić information content (AvgIpc) is 3.99. The molecule has 3 heterocycles. The molecule has 6 nitrogen and oxygen atoms in total. The third-order valence-corrected chi connectivity index (χ3v) is 16.5. The van der Waals surface area contributed by atoms with Gasteiger partial charge in [-0.2, -0.15) is 0 Å². The summed E-state index contributed by atoms with van der Waals surface area (Å²) in [4.78, 5) is 27.8. The van der Waals surface area contributed by atoms with Gasteiger partial charge in [-0.15, -0.1) is 0 Å². The minimum absolute atomic E-state index is 0.140. The van der Waals surface area contributed by atoms with Crippen LogP contribution < -0.4 is 0 Å². The molecule has 0 atom stereocenters. The van der Waals surface area contributed by atoms with E-state index in [2.05, 4.69) is 271 Å². The van der Waals surface area contributed by atoms with Crippen molar-refractivity contribution < 1.29 is 0 Å². The number of hydrogen-bond donors (Lipinski definition) is 0. The van der Waals surface area contributed by atoms with Gasteiger partial charge in [0.05, 0.1) is 28.1 Å². The van der Waals surface area contributed by atoms with Crippen molar-refractivity contribution in [2.24, 2.45) is 0 Å². The van der Waals surface area contributed by atoms with Gasteiger partial charge in [-0.3, -0.25) is 0 Å². The molecule has 8 aromatic carbocycles. The molecule has 6 heteroatoms. The Kier molecular flexibility index (Phi) is 12.4. The van der Waals surface area contributed by atoms with Crippen LogP contribution in [0, 0.1) is 0 Å². The standard InChI is InChI=1S/C74H72N6/c1-70(2,3)50-35-48(36-51(40-50)71(4,5)6)67-77-68(49-37-52(72(7,8)9)41-53(38-49)73(10,11)12)79-69(78-67)58-39-47(66-75-61(45-25-17-15-18-26-45)44-62(76-66)46-27-19-16-20-28-46)33-34-64(58)80-63-32-24-22-30-55(63)57-42-56-54-29-21-23-31-59(54)74(13,14)60(56)43-65(57)80/h15-44H,1-14H3. The molecule has 398 valence electrons. The highest BCUT2D eigenvalue weighted by molar-refractivity contribution is 6.12. The first kappa shape index (κ1) is 52.4. The number of para-hydroxylation sites is 1. The summed E-state index contributed by atoms with van der Waals surface area (Å²) in [5.74, 6) is 2.39. The van der Waals surface area contributed by atoms with Crippen LogP contribution in [0.2, 0.25) is 0 Å². The predicted octanol–water partition coefficient (Wildman–Crippen LogP) is 19.3. The third-order valence-electron chi connectivity index (χ3n) is 16.5. The van der Waals surface area contributed by atoms with E-state index in [4.69, 9.17) is 24.9 Å². The summed E-state index contributed by atoms with van der Waals surface area (Å²) in [5.41, 5.74) is 19.8. The summed E-state index contributed by atoms with van der Waals surface area (Å²) in [6.45, 7) is 32.1. The molecule has 0 saturated heterocycles. The Labute approximate surface area is 473 Å². The van der Waals surface area contributed by atoms with Crippen molar-refractivity contribution in [3.05, 3.63) is 215 Å². The number of hydrogen-bond acceptors (Lipinski definition) is 5. The molecular weight excluding hydrogens is 973 g/mol. The molecule has 1 aliphatic carbocycles. The van der Waals surface area contributed by atoms with Gasteiger partial charge >= 0.3 is 0 Å². The maximum atomic E-state index is 5.72. The van der Waals surface area contributed by atoms with Gasteiger partial charge in [0.1, 0.15) is 0 Å². The van der Waals surface area contributed by atoms with Crippen LogP contribution >= 0.6 is 0 Å². The van der Waals surface area contributed by atoms with Crippen molar-refractivity contribution in [2.45, 2.75) is 124 Å². The van der Waals surface area contributed by atoms with Gasteiger partial charge in [0, 0.05) is 49.6 Å². The second-order valence-corrected chi connectivity index (χ2v) is 26.8. The molecule has 3 aromatic heterocycles. The second kappa shape index (κ2) is 18.9. The normalized spacial score (nSPS) is 13.5. The Morgan fingerprint density at radius 2 is 0.775 bits per heavy atom. The largest absolute Gasteiger partial charge is 0.308 e. The van der Waals surface area contributed by atoms with Crippen molar-refractivity contribution in [2.75, 3.05) is 0 Å². The molecule has 0 bridgehead atoms. The van der Waals surface area contributed by atoms with E-state index in [-0.39, 0.29) is 27.1 Å². The average molecular weight is 1050 g/mol. The van der Waals surface area contributed by atoms with Gasteiger partial charge in [0.15, 0.2) is 23.3 Å². The van der Waals surface area contributed by atoms with E-state index < -0.39 is 0 Å². The van der Waals surface area contributed by atoms with E-state index in [1.165, 1.54) is 55.3 Å². The van der Waals surface area contributed by atoms with Crippen molar-refractivity contribution in [1.29, 1.82) is 0 Å². The predicted molar refractivity (Wildman–Crippen MR) is 335 cm³/mol. The zero-order chi connectivity index (χ0) is 56.3. The van der Waals surface area contributed by atoms with Crippen LogP contribution in [-0.2, 0) is 27.1 Å². The summed E-state index contributed by atoms with van der Waals surface area (Å²) in [6.07, 6.45) is 0. The van der Waals surface area contributed by atoms with Gasteiger partial charge in [-0.25, -0.2) is 24.9 Å². The topological polar surface area (TPSA) is 69.4 Å². The number of rotatable bonds is 7. The first-order valence-electron chi connectivity index (χ1n) is 28.3. The molecule has 0 saturated carbocycles. The van der Waals surface area contributed by atoms with Gasteiger partial charge in [0.25, 0.3) is 0 Å². The third kappa shape index (κ3) is 9.42. The fraction of sp³-hybridized carbons (Fsp3) is 0.257. The Hall–Kier alpha value is -8.35. The van der Waals surface area contributed by atoms with Crippen LogP contribution in [-0.4, -0.2) is 29.5 Å². The molecule has 0 amide bonds. The molecule has 0 fully saturated rings. The van der Waals surface area contributed by atoms with Gasteiger partial charge in [-0.05, 0) is 133 Å². The fourth-order valence-electron chi connectivity index (χ4n) is 11.6. The van der Waals surface area contributed by atoms with Crippen LogP contribution in [0.25, 0.3) is 107 Å². The molecule has 11 aromatic rings. The maximum Gasteiger partial charge on any atom is 0.166 e. The zero-order valence-electron chi connectivity index (χ0n) is 49.0. The summed E-state index contributed by atoms with van der Waals surface area (Å²) in [7, 11) is 0. The first-order chi connectivity index (χ1) is 37.9. The maximum absolute atomic E-state index is 5.72. The van der Waals surface area contributed by atoms with Gasteiger partial charge in [-0.1, -0.05) is 212 Å². The van der Waals surface area contributed by atoms with Crippen LogP contribution in [0.3, 0.4) is 0 Å². The molecule has 0 N–H and O–H groups in total. The van der Waals surface area contributed by atoms with Crippen molar-refractivity contribution in [1.82, 2.24) is 29.5 Å². The van der Waals surface area contributed by atoms with Crippen molar-refractivity contribution in [3.8, 4) is 84.9 Å². The lowest BCUT2D eigenvalue weighted by Gasteiger charge is -2.26. The van der Waals surface area contributed by atoms with E-state index in [0.29, 0.717) is 23.3 Å². The lowest BCUT2D eigenvalue weighted by molar-refractivity contribution is 0.568. The van der Waals surface area contributed by atoms with Crippen LogP contribution in [0.1, 0.15) is 130 Å². The number of fused-ring (bicyclic) bond motifs is 6. The van der Waals surface area contributed by atoms with E-state index >= 15 is 0 Å². The monoisotopic (exact) mass is 1040 g/mol. The molecule has 1 aliphatic rings. The summed E-state index contributed by atoms with van der Waals surface area (Å²) in [6, 6.07) is 66.0. The Balaban J connectivity index is 1.20. The highest BCUT2D eigenvalue weighted by Gasteiger charge is 2.37. The van der Waals surface area contributed by atoms with E-state index in [0.717, 1.165) is 61.5 Å². The Bertz CT molecular complexity index is 4010. The second-order valence-electron chi connectivity index (χ2n) is 26.8. The molecule has 0 aliphatic heterocycles. The number of benzene rings is 8. The molecular formula is C74H72N6. The Morgan fingerprint density at radius 3 is 1.30 bits per heavy atom. The summed E-state index contributed by atoms with van der Waals surface area (Å²) < 4.78 is 2.44. The molecule has 0 radical (unpaired) electrons. The van der Waals surface area contributed by atoms with Gasteiger partial charge < -0.3 is 4.57 Å². The molecule has 12 rings (SSSR count). The highest BCUT2D eigenvalue weighted by Crippen LogP contribution is 2.51. The van der Waals surface area contributed by atoms with Crippen molar-refractivity contribution >= 4 is 21.8 Å². The van der Waals surface area contributed by atoms with E-state index in [1.54, 1.807) is 0 Å². The van der Waals surface area contributed by atoms with Crippen molar-refractivity contribution in [3.63, 3.8) is 0 Å². The molecule has 0 unspecified atom stereocenters. The molecule has 80 heavy (non-hydrogen) atoms. The summed E-state index contributed by atoms with van der Waals surface area (Å²) in [5, 5.41) is 2.36. The smallest absolute Gasteiger partial charge is 0.166 e. The van der Waals surface area contributed by atoms with Crippen LogP contribution in [0.4, 0.5) is 0 Å². The summed E-state index contributed by atoms with van der Waals surface area (Å²) >= 11 is 0.